The summed E-state index contributed by atoms with van der Waals surface area (Å²) < 4.78 is 5.33. The summed E-state index contributed by atoms with van der Waals surface area (Å²) in [4.78, 5) is 16.0. The molecule has 21 heavy (non-hydrogen) atoms. The van der Waals surface area contributed by atoms with Crippen LogP contribution >= 0.6 is 22.9 Å². The van der Waals surface area contributed by atoms with Crippen molar-refractivity contribution in [1.82, 2.24) is 15.0 Å². The van der Waals surface area contributed by atoms with Crippen LogP contribution in [0.4, 0.5) is 5.82 Å². The number of hydrogen-bond donors (Lipinski definition) is 0. The Morgan fingerprint density at radius 3 is 2.29 bits per heavy atom. The molecule has 0 aromatic carbocycles. The van der Waals surface area contributed by atoms with Gasteiger partial charge in [0.25, 0.3) is 0 Å². The van der Waals surface area contributed by atoms with Gasteiger partial charge in [0.1, 0.15) is 5.52 Å². The number of rotatable bonds is 1. The van der Waals surface area contributed by atoms with Crippen LogP contribution in [0.15, 0.2) is 0 Å². The fraction of sp³-hybridized carbons (Fsp3) is 0.643. The number of aryl methyl sites for hydroxylation is 1. The van der Waals surface area contributed by atoms with E-state index < -0.39 is 0 Å². The van der Waals surface area contributed by atoms with Crippen molar-refractivity contribution in [2.75, 3.05) is 31.2 Å². The van der Waals surface area contributed by atoms with Crippen molar-refractivity contribution in [1.29, 1.82) is 0 Å². The van der Waals surface area contributed by atoms with Crippen LogP contribution in [0, 0.1) is 6.92 Å². The number of thiazole rings is 1. The molecule has 2 aromatic heterocycles. The Kier molecular flexibility index (Phi) is 7.85. The minimum absolute atomic E-state index is 0.280. The minimum Gasteiger partial charge on any atom is -0.378 e. The van der Waals surface area contributed by atoms with Crippen LogP contribution in [-0.4, -0.2) is 41.3 Å². The standard InChI is InChI=1S/C10H11ClN4OS.2C2H6/c1-6-12-7-8(15-2-4-16-5-3-15)13-10(11)14-9(7)17-6;2*1-2/h2-5H2,1H3;2*1-2H3. The summed E-state index contributed by atoms with van der Waals surface area (Å²) in [6, 6.07) is 0. The zero-order valence-electron chi connectivity index (χ0n) is 13.3. The predicted octanol–water partition coefficient (Wildman–Crippen LogP) is 3.94. The molecule has 0 unspecified atom stereocenters. The normalized spacial score (nSPS) is 14.1. The maximum atomic E-state index is 5.95. The molecule has 0 spiro atoms. The molecule has 0 N–H and O–H groups in total. The average Bonchev–Trinajstić information content (AvgIpc) is 2.91. The molecule has 5 nitrogen and oxygen atoms in total. The molecular weight excluding hydrogens is 308 g/mol. The predicted molar refractivity (Wildman–Crippen MR) is 90.7 cm³/mol. The second-order valence-electron chi connectivity index (χ2n) is 3.80. The Labute approximate surface area is 135 Å². The van der Waals surface area contributed by atoms with Crippen LogP contribution in [0.2, 0.25) is 5.28 Å². The minimum atomic E-state index is 0.280. The number of aromatic nitrogens is 3. The molecule has 3 rings (SSSR count). The van der Waals surface area contributed by atoms with Crippen molar-refractivity contribution in [3.63, 3.8) is 0 Å². The van der Waals surface area contributed by atoms with Crippen LogP contribution in [0.25, 0.3) is 10.3 Å². The van der Waals surface area contributed by atoms with E-state index >= 15 is 0 Å². The summed E-state index contributed by atoms with van der Waals surface area (Å²) in [5.41, 5.74) is 0.846. The highest BCUT2D eigenvalue weighted by Gasteiger charge is 2.19. The van der Waals surface area contributed by atoms with Crippen molar-refractivity contribution >= 4 is 39.1 Å². The van der Waals surface area contributed by atoms with E-state index in [9.17, 15) is 0 Å². The van der Waals surface area contributed by atoms with Gasteiger partial charge in [0.15, 0.2) is 10.6 Å². The molecule has 7 heteroatoms. The summed E-state index contributed by atoms with van der Waals surface area (Å²) in [7, 11) is 0. The Bertz CT molecular complexity index is 555. The van der Waals surface area contributed by atoms with Crippen molar-refractivity contribution in [2.24, 2.45) is 0 Å². The van der Waals surface area contributed by atoms with Gasteiger partial charge in [-0.25, -0.2) is 9.97 Å². The fourth-order valence-corrected chi connectivity index (χ4v) is 2.88. The zero-order valence-corrected chi connectivity index (χ0v) is 14.9. The number of ether oxygens (including phenoxy) is 1. The molecule has 0 bridgehead atoms. The molecule has 1 aliphatic heterocycles. The van der Waals surface area contributed by atoms with Gasteiger partial charge in [0, 0.05) is 13.1 Å². The maximum Gasteiger partial charge on any atom is 0.225 e. The molecule has 1 saturated heterocycles. The molecule has 0 radical (unpaired) electrons. The lowest BCUT2D eigenvalue weighted by Crippen LogP contribution is -2.37. The lowest BCUT2D eigenvalue weighted by molar-refractivity contribution is 0.122. The lowest BCUT2D eigenvalue weighted by atomic mass is 10.4. The first kappa shape index (κ1) is 18.1. The Balaban J connectivity index is 0.000000510. The van der Waals surface area contributed by atoms with E-state index in [1.54, 1.807) is 0 Å². The van der Waals surface area contributed by atoms with Gasteiger partial charge >= 0.3 is 0 Å². The quantitative estimate of drug-likeness (QED) is 0.741. The zero-order chi connectivity index (χ0) is 15.8. The molecule has 3 heterocycles. The number of halogens is 1. The number of nitrogens with zero attached hydrogens (tertiary/aromatic N) is 4. The van der Waals surface area contributed by atoms with Crippen LogP contribution in [-0.2, 0) is 4.74 Å². The average molecular weight is 331 g/mol. The smallest absolute Gasteiger partial charge is 0.225 e. The van der Waals surface area contributed by atoms with Crippen molar-refractivity contribution in [3.8, 4) is 0 Å². The highest BCUT2D eigenvalue weighted by Crippen LogP contribution is 2.29. The van der Waals surface area contributed by atoms with Gasteiger partial charge < -0.3 is 9.64 Å². The summed E-state index contributed by atoms with van der Waals surface area (Å²) in [5, 5.41) is 1.26. The third-order valence-electron chi connectivity index (χ3n) is 2.63. The number of anilines is 1. The molecule has 2 aromatic rings. The Morgan fingerprint density at radius 2 is 1.67 bits per heavy atom. The molecular formula is C14H23ClN4OS. The van der Waals surface area contributed by atoms with Crippen molar-refractivity contribution in [3.05, 3.63) is 10.3 Å². The summed E-state index contributed by atoms with van der Waals surface area (Å²) >= 11 is 7.49. The monoisotopic (exact) mass is 330 g/mol. The van der Waals surface area contributed by atoms with Gasteiger partial charge in [0.2, 0.25) is 5.28 Å². The fourth-order valence-electron chi connectivity index (χ4n) is 1.88. The molecule has 0 saturated carbocycles. The summed E-state index contributed by atoms with van der Waals surface area (Å²) in [6.45, 7) is 13.0. The van der Waals surface area contributed by atoms with Crippen molar-refractivity contribution in [2.45, 2.75) is 34.6 Å². The van der Waals surface area contributed by atoms with Gasteiger partial charge in [-0.05, 0) is 18.5 Å². The number of morpholine rings is 1. The summed E-state index contributed by atoms with van der Waals surface area (Å²) in [5.74, 6) is 0.827. The lowest BCUT2D eigenvalue weighted by Gasteiger charge is -2.27. The second-order valence-corrected chi connectivity index (χ2v) is 5.32. The van der Waals surface area contributed by atoms with E-state index in [2.05, 4.69) is 19.9 Å². The molecule has 118 valence electrons. The van der Waals surface area contributed by atoms with Crippen LogP contribution in [0.1, 0.15) is 32.7 Å². The van der Waals surface area contributed by atoms with Crippen LogP contribution in [0.3, 0.4) is 0 Å². The first-order valence-corrected chi connectivity index (χ1v) is 8.57. The first-order chi connectivity index (χ1) is 10.2. The summed E-state index contributed by atoms with van der Waals surface area (Å²) in [6.07, 6.45) is 0. The van der Waals surface area contributed by atoms with E-state index in [1.807, 2.05) is 34.6 Å². The molecule has 0 amide bonds. The molecule has 1 fully saturated rings. The topological polar surface area (TPSA) is 51.1 Å². The first-order valence-electron chi connectivity index (χ1n) is 7.37. The van der Waals surface area contributed by atoms with E-state index in [0.717, 1.165) is 34.3 Å². The third-order valence-corrected chi connectivity index (χ3v) is 3.66. The van der Waals surface area contributed by atoms with Gasteiger partial charge in [-0.15, -0.1) is 0 Å². The second kappa shape index (κ2) is 9.12. The Hall–Kier alpha value is -0.980. The third kappa shape index (κ3) is 4.49. The van der Waals surface area contributed by atoms with E-state index in [0.29, 0.717) is 13.2 Å². The number of hydrogen-bond acceptors (Lipinski definition) is 6. The van der Waals surface area contributed by atoms with Gasteiger partial charge in [-0.1, -0.05) is 39.0 Å². The van der Waals surface area contributed by atoms with E-state index in [-0.39, 0.29) is 5.28 Å². The molecule has 0 aliphatic carbocycles. The van der Waals surface area contributed by atoms with Crippen molar-refractivity contribution < 1.29 is 4.74 Å². The highest BCUT2D eigenvalue weighted by molar-refractivity contribution is 7.18. The SMILES string of the molecule is CC.CC.Cc1nc2c(N3CCOCC3)nc(Cl)nc2s1. The van der Waals surface area contributed by atoms with E-state index in [1.165, 1.54) is 11.3 Å². The Morgan fingerprint density at radius 1 is 1.05 bits per heavy atom. The van der Waals surface area contributed by atoms with Crippen LogP contribution in [0.5, 0.6) is 0 Å². The van der Waals surface area contributed by atoms with Gasteiger partial charge in [-0.2, -0.15) is 4.98 Å². The maximum absolute atomic E-state index is 5.95. The number of fused-ring (bicyclic) bond motifs is 1. The van der Waals surface area contributed by atoms with E-state index in [4.69, 9.17) is 16.3 Å². The molecule has 1 aliphatic rings. The molecule has 0 atom stereocenters. The van der Waals surface area contributed by atoms with Gasteiger partial charge in [0.05, 0.1) is 18.2 Å². The van der Waals surface area contributed by atoms with Gasteiger partial charge in [-0.3, -0.25) is 0 Å². The van der Waals surface area contributed by atoms with Crippen LogP contribution < -0.4 is 4.90 Å². The largest absolute Gasteiger partial charge is 0.378 e. The highest BCUT2D eigenvalue weighted by atomic mass is 35.5.